The van der Waals surface area contributed by atoms with Crippen LogP contribution in [0.5, 0.6) is 0 Å². The van der Waals surface area contributed by atoms with Gasteiger partial charge in [0.25, 0.3) is 0 Å². The van der Waals surface area contributed by atoms with E-state index in [4.69, 9.17) is 10.8 Å². The van der Waals surface area contributed by atoms with Crippen LogP contribution >= 0.6 is 0 Å². The van der Waals surface area contributed by atoms with Gasteiger partial charge in [0, 0.05) is 25.3 Å². The van der Waals surface area contributed by atoms with Gasteiger partial charge in [-0.2, -0.15) is 0 Å². The second kappa shape index (κ2) is 5.70. The molecule has 5 nitrogen and oxygen atoms in total. The van der Waals surface area contributed by atoms with Crippen molar-refractivity contribution < 1.29 is 9.50 Å². The molecule has 1 aromatic carbocycles. The minimum Gasteiger partial charge on any atom is -0.396 e. The summed E-state index contributed by atoms with van der Waals surface area (Å²) in [5, 5.41) is 16.9. The van der Waals surface area contributed by atoms with Crippen molar-refractivity contribution in [2.45, 2.75) is 19.5 Å². The second-order valence-electron chi connectivity index (χ2n) is 3.90. The maximum Gasteiger partial charge on any atom is 0.123 e. The van der Waals surface area contributed by atoms with Crippen LogP contribution in [0.25, 0.3) is 11.3 Å². The molecule has 0 unspecified atom stereocenters. The first-order valence-corrected chi connectivity index (χ1v) is 5.75. The first-order chi connectivity index (χ1) is 8.76. The Bertz CT molecular complexity index is 509. The van der Waals surface area contributed by atoms with E-state index in [0.29, 0.717) is 18.7 Å². The maximum atomic E-state index is 12.9. The number of rotatable bonds is 5. The molecule has 0 aliphatic carbocycles. The smallest absolute Gasteiger partial charge is 0.123 e. The van der Waals surface area contributed by atoms with Gasteiger partial charge < -0.3 is 10.8 Å². The number of benzene rings is 1. The lowest BCUT2D eigenvalue weighted by Gasteiger charge is -2.07. The first kappa shape index (κ1) is 12.7. The Hall–Kier alpha value is -1.79. The normalized spacial score (nSPS) is 10.8. The zero-order valence-corrected chi connectivity index (χ0v) is 9.88. The Labute approximate surface area is 104 Å². The number of halogens is 1. The van der Waals surface area contributed by atoms with Crippen molar-refractivity contribution in [2.24, 2.45) is 5.73 Å². The Morgan fingerprint density at radius 3 is 2.61 bits per heavy atom. The third-order valence-electron chi connectivity index (χ3n) is 2.64. The van der Waals surface area contributed by atoms with E-state index in [0.717, 1.165) is 11.3 Å². The van der Waals surface area contributed by atoms with Crippen molar-refractivity contribution in [1.82, 2.24) is 15.0 Å². The SMILES string of the molecule is NCc1nnn(CCCO)c1-c1ccc(F)cc1. The van der Waals surface area contributed by atoms with Crippen LogP contribution in [-0.2, 0) is 13.1 Å². The molecule has 0 radical (unpaired) electrons. The number of aryl methyl sites for hydroxylation is 1. The molecular formula is C12H15FN4O. The Morgan fingerprint density at radius 2 is 2.00 bits per heavy atom. The summed E-state index contributed by atoms with van der Waals surface area (Å²) in [6.07, 6.45) is 0.585. The lowest BCUT2D eigenvalue weighted by Crippen LogP contribution is -2.06. The fraction of sp³-hybridized carbons (Fsp3) is 0.333. The summed E-state index contributed by atoms with van der Waals surface area (Å²) < 4.78 is 14.6. The molecule has 18 heavy (non-hydrogen) atoms. The molecule has 2 rings (SSSR count). The highest BCUT2D eigenvalue weighted by Gasteiger charge is 2.13. The predicted molar refractivity (Wildman–Crippen MR) is 65.0 cm³/mol. The Balaban J connectivity index is 2.39. The van der Waals surface area contributed by atoms with Crippen LogP contribution in [0.2, 0.25) is 0 Å². The van der Waals surface area contributed by atoms with Gasteiger partial charge in [0.15, 0.2) is 0 Å². The van der Waals surface area contributed by atoms with E-state index in [1.165, 1.54) is 12.1 Å². The number of aliphatic hydroxyl groups is 1. The molecule has 0 fully saturated rings. The number of nitrogens with two attached hydrogens (primary N) is 1. The number of aromatic nitrogens is 3. The molecule has 96 valence electrons. The van der Waals surface area contributed by atoms with Gasteiger partial charge in [-0.3, -0.25) is 0 Å². The summed E-state index contributed by atoms with van der Waals surface area (Å²) in [6.45, 7) is 0.905. The van der Waals surface area contributed by atoms with Gasteiger partial charge in [0.2, 0.25) is 0 Å². The maximum absolute atomic E-state index is 12.9. The topological polar surface area (TPSA) is 77.0 Å². The molecule has 0 atom stereocenters. The van der Waals surface area contributed by atoms with E-state index in [-0.39, 0.29) is 19.0 Å². The van der Waals surface area contributed by atoms with Crippen LogP contribution in [0.1, 0.15) is 12.1 Å². The van der Waals surface area contributed by atoms with Crippen LogP contribution in [-0.4, -0.2) is 26.7 Å². The van der Waals surface area contributed by atoms with Gasteiger partial charge in [0.1, 0.15) is 11.5 Å². The van der Waals surface area contributed by atoms with Crippen LogP contribution < -0.4 is 5.73 Å². The van der Waals surface area contributed by atoms with Gasteiger partial charge in [-0.1, -0.05) is 5.21 Å². The molecule has 0 aliphatic heterocycles. The molecule has 0 spiro atoms. The lowest BCUT2D eigenvalue weighted by atomic mass is 10.1. The number of hydrogen-bond donors (Lipinski definition) is 2. The number of hydrogen-bond acceptors (Lipinski definition) is 4. The van der Waals surface area contributed by atoms with Crippen molar-refractivity contribution in [3.8, 4) is 11.3 Å². The van der Waals surface area contributed by atoms with E-state index < -0.39 is 0 Å². The van der Waals surface area contributed by atoms with E-state index in [2.05, 4.69) is 10.3 Å². The quantitative estimate of drug-likeness (QED) is 0.827. The van der Waals surface area contributed by atoms with Crippen LogP contribution in [0, 0.1) is 5.82 Å². The van der Waals surface area contributed by atoms with Gasteiger partial charge in [-0.05, 0) is 30.7 Å². The van der Waals surface area contributed by atoms with Gasteiger partial charge in [-0.25, -0.2) is 9.07 Å². The van der Waals surface area contributed by atoms with Crippen LogP contribution in [0.15, 0.2) is 24.3 Å². The molecule has 6 heteroatoms. The average molecular weight is 250 g/mol. The Kier molecular flexibility index (Phi) is 4.01. The van der Waals surface area contributed by atoms with E-state index in [9.17, 15) is 4.39 Å². The fourth-order valence-electron chi connectivity index (χ4n) is 1.79. The molecule has 1 heterocycles. The molecule has 0 amide bonds. The molecule has 0 bridgehead atoms. The molecule has 0 saturated carbocycles. The average Bonchev–Trinajstić information content (AvgIpc) is 2.80. The number of aliphatic hydroxyl groups excluding tert-OH is 1. The summed E-state index contributed by atoms with van der Waals surface area (Å²) in [4.78, 5) is 0. The van der Waals surface area contributed by atoms with Crippen molar-refractivity contribution in [2.75, 3.05) is 6.61 Å². The van der Waals surface area contributed by atoms with Gasteiger partial charge >= 0.3 is 0 Å². The lowest BCUT2D eigenvalue weighted by molar-refractivity contribution is 0.276. The predicted octanol–water partition coefficient (Wildman–Crippen LogP) is 0.925. The molecule has 1 aromatic heterocycles. The van der Waals surface area contributed by atoms with E-state index >= 15 is 0 Å². The summed E-state index contributed by atoms with van der Waals surface area (Å²) in [7, 11) is 0. The van der Waals surface area contributed by atoms with Crippen molar-refractivity contribution in [3.63, 3.8) is 0 Å². The fourth-order valence-corrected chi connectivity index (χ4v) is 1.79. The summed E-state index contributed by atoms with van der Waals surface area (Å²) >= 11 is 0. The first-order valence-electron chi connectivity index (χ1n) is 5.75. The van der Waals surface area contributed by atoms with Crippen molar-refractivity contribution in [3.05, 3.63) is 35.8 Å². The standard InChI is InChI=1S/C12H15FN4O/c13-10-4-2-9(3-5-10)12-11(8-14)15-16-17(12)6-1-7-18/h2-5,18H,1,6-8,14H2. The van der Waals surface area contributed by atoms with Crippen molar-refractivity contribution >= 4 is 0 Å². The van der Waals surface area contributed by atoms with E-state index in [1.54, 1.807) is 16.8 Å². The highest BCUT2D eigenvalue weighted by molar-refractivity contribution is 5.61. The highest BCUT2D eigenvalue weighted by Crippen LogP contribution is 2.22. The molecule has 2 aromatic rings. The largest absolute Gasteiger partial charge is 0.396 e. The van der Waals surface area contributed by atoms with Gasteiger partial charge in [-0.15, -0.1) is 5.10 Å². The number of nitrogens with zero attached hydrogens (tertiary/aromatic N) is 3. The third kappa shape index (κ3) is 2.55. The zero-order valence-electron chi connectivity index (χ0n) is 9.88. The molecule has 3 N–H and O–H groups in total. The Morgan fingerprint density at radius 1 is 1.28 bits per heavy atom. The third-order valence-corrected chi connectivity index (χ3v) is 2.64. The molecule has 0 saturated heterocycles. The highest BCUT2D eigenvalue weighted by atomic mass is 19.1. The van der Waals surface area contributed by atoms with Crippen LogP contribution in [0.3, 0.4) is 0 Å². The van der Waals surface area contributed by atoms with E-state index in [1.807, 2.05) is 0 Å². The molecule has 0 aliphatic rings. The molecular weight excluding hydrogens is 235 g/mol. The zero-order chi connectivity index (χ0) is 13.0. The summed E-state index contributed by atoms with van der Waals surface area (Å²) in [5.74, 6) is -0.289. The van der Waals surface area contributed by atoms with Crippen molar-refractivity contribution in [1.29, 1.82) is 0 Å². The van der Waals surface area contributed by atoms with Crippen LogP contribution in [0.4, 0.5) is 4.39 Å². The summed E-state index contributed by atoms with van der Waals surface area (Å²) in [6, 6.07) is 6.11. The monoisotopic (exact) mass is 250 g/mol. The second-order valence-corrected chi connectivity index (χ2v) is 3.90. The minimum atomic E-state index is -0.289. The minimum absolute atomic E-state index is 0.0840. The summed E-state index contributed by atoms with van der Waals surface area (Å²) in [5.41, 5.74) is 7.89. The van der Waals surface area contributed by atoms with Gasteiger partial charge in [0.05, 0.1) is 5.69 Å².